The standard InChI is InChI=1S/C18H23N7O/c1-12-6-13(2)25(23-12)18-10-19-9-17(22-18)21-15-7-14(8-16(15)26)11-24-5-3-4-20-24/h3-6,9-10,14-16,26H,7-8,11H2,1-2H3,(H,21,22)/t14?,15-,16-/m1/s1. The number of aromatic nitrogens is 6. The van der Waals surface area contributed by atoms with E-state index in [1.54, 1.807) is 23.3 Å². The first-order valence-corrected chi connectivity index (χ1v) is 8.86. The van der Waals surface area contributed by atoms with Crippen LogP contribution in [0, 0.1) is 19.8 Å². The second kappa shape index (κ2) is 6.87. The third-order valence-electron chi connectivity index (χ3n) is 4.81. The van der Waals surface area contributed by atoms with Gasteiger partial charge in [0.1, 0.15) is 5.82 Å². The fourth-order valence-electron chi connectivity index (χ4n) is 3.67. The summed E-state index contributed by atoms with van der Waals surface area (Å²) in [6, 6.07) is 3.88. The van der Waals surface area contributed by atoms with Crippen LogP contribution in [0.4, 0.5) is 5.82 Å². The maximum Gasteiger partial charge on any atom is 0.174 e. The van der Waals surface area contributed by atoms with Gasteiger partial charge in [-0.1, -0.05) is 0 Å². The predicted octanol–water partition coefficient (Wildman–Crippen LogP) is 1.73. The van der Waals surface area contributed by atoms with Gasteiger partial charge in [0.15, 0.2) is 5.82 Å². The van der Waals surface area contributed by atoms with E-state index in [-0.39, 0.29) is 6.04 Å². The molecule has 0 saturated heterocycles. The van der Waals surface area contributed by atoms with Crippen LogP contribution in [0.15, 0.2) is 36.9 Å². The minimum atomic E-state index is -0.408. The van der Waals surface area contributed by atoms with Gasteiger partial charge in [-0.05, 0) is 44.7 Å². The molecule has 2 N–H and O–H groups in total. The number of aryl methyl sites for hydroxylation is 2. The molecule has 1 unspecified atom stereocenters. The Morgan fingerprint density at radius 1 is 1.27 bits per heavy atom. The predicted molar refractivity (Wildman–Crippen MR) is 97.0 cm³/mol. The first-order valence-electron chi connectivity index (χ1n) is 8.86. The number of aliphatic hydroxyl groups is 1. The smallest absolute Gasteiger partial charge is 0.174 e. The number of hydrogen-bond acceptors (Lipinski definition) is 6. The van der Waals surface area contributed by atoms with Gasteiger partial charge in [0.2, 0.25) is 0 Å². The molecule has 0 aliphatic heterocycles. The topological polar surface area (TPSA) is 93.7 Å². The van der Waals surface area contributed by atoms with Crippen LogP contribution in [0.3, 0.4) is 0 Å². The molecule has 0 amide bonds. The molecule has 0 radical (unpaired) electrons. The van der Waals surface area contributed by atoms with Crippen LogP contribution in [-0.2, 0) is 6.54 Å². The number of hydrogen-bond donors (Lipinski definition) is 2. The molecule has 8 heteroatoms. The average molecular weight is 353 g/mol. The largest absolute Gasteiger partial charge is 0.391 e. The molecule has 1 aliphatic rings. The van der Waals surface area contributed by atoms with E-state index in [0.29, 0.717) is 17.6 Å². The van der Waals surface area contributed by atoms with Crippen molar-refractivity contribution < 1.29 is 5.11 Å². The summed E-state index contributed by atoms with van der Waals surface area (Å²) in [4.78, 5) is 8.89. The lowest BCUT2D eigenvalue weighted by molar-refractivity contribution is 0.166. The van der Waals surface area contributed by atoms with Crippen molar-refractivity contribution in [3.8, 4) is 5.82 Å². The molecule has 1 fully saturated rings. The summed E-state index contributed by atoms with van der Waals surface area (Å²) in [6.45, 7) is 4.76. The van der Waals surface area contributed by atoms with E-state index in [1.807, 2.05) is 36.9 Å². The van der Waals surface area contributed by atoms with Crippen LogP contribution < -0.4 is 5.32 Å². The van der Waals surface area contributed by atoms with Crippen LogP contribution in [0.25, 0.3) is 5.82 Å². The summed E-state index contributed by atoms with van der Waals surface area (Å²) >= 11 is 0. The van der Waals surface area contributed by atoms with E-state index in [4.69, 9.17) is 0 Å². The molecule has 0 aromatic carbocycles. The van der Waals surface area contributed by atoms with Gasteiger partial charge in [0, 0.05) is 24.6 Å². The molecule has 1 aliphatic carbocycles. The Hall–Kier alpha value is -2.74. The van der Waals surface area contributed by atoms with Gasteiger partial charge in [-0.2, -0.15) is 10.2 Å². The third kappa shape index (κ3) is 3.45. The third-order valence-corrected chi connectivity index (χ3v) is 4.81. The Morgan fingerprint density at radius 2 is 2.15 bits per heavy atom. The van der Waals surface area contributed by atoms with Crippen molar-refractivity contribution in [2.24, 2.45) is 5.92 Å². The van der Waals surface area contributed by atoms with E-state index < -0.39 is 6.10 Å². The lowest BCUT2D eigenvalue weighted by Crippen LogP contribution is -2.28. The minimum absolute atomic E-state index is 0.0411. The molecule has 136 valence electrons. The number of aliphatic hydroxyl groups excluding tert-OH is 1. The van der Waals surface area contributed by atoms with Gasteiger partial charge in [0.25, 0.3) is 0 Å². The highest BCUT2D eigenvalue weighted by molar-refractivity contribution is 5.38. The summed E-state index contributed by atoms with van der Waals surface area (Å²) in [5.41, 5.74) is 1.95. The Morgan fingerprint density at radius 3 is 2.88 bits per heavy atom. The van der Waals surface area contributed by atoms with Gasteiger partial charge < -0.3 is 10.4 Å². The number of nitrogens with zero attached hydrogens (tertiary/aromatic N) is 6. The lowest BCUT2D eigenvalue weighted by atomic mass is 10.1. The van der Waals surface area contributed by atoms with E-state index >= 15 is 0 Å². The van der Waals surface area contributed by atoms with Gasteiger partial charge in [-0.15, -0.1) is 0 Å². The highest BCUT2D eigenvalue weighted by Crippen LogP contribution is 2.29. The van der Waals surface area contributed by atoms with Gasteiger partial charge in [-0.3, -0.25) is 9.67 Å². The Bertz CT molecular complexity index is 874. The van der Waals surface area contributed by atoms with Gasteiger partial charge in [-0.25, -0.2) is 9.67 Å². The molecule has 0 bridgehead atoms. The summed E-state index contributed by atoms with van der Waals surface area (Å²) in [6.07, 6.45) is 8.32. The minimum Gasteiger partial charge on any atom is -0.391 e. The number of nitrogens with one attached hydrogen (secondary N) is 1. The zero-order valence-corrected chi connectivity index (χ0v) is 14.9. The van der Waals surface area contributed by atoms with E-state index in [2.05, 4.69) is 25.5 Å². The molecule has 3 aromatic heterocycles. The van der Waals surface area contributed by atoms with E-state index in [1.165, 1.54) is 0 Å². The SMILES string of the molecule is Cc1cc(C)n(-c2cncc(N[C@@H]3CC(Cn4cccn4)C[C@H]3O)n2)n1. The van der Waals surface area contributed by atoms with Crippen LogP contribution in [0.5, 0.6) is 0 Å². The van der Waals surface area contributed by atoms with Crippen molar-refractivity contribution in [3.05, 3.63) is 48.3 Å². The Labute approximate surface area is 151 Å². The van der Waals surface area contributed by atoms with Crippen molar-refractivity contribution in [2.45, 2.75) is 45.4 Å². The number of rotatable bonds is 5. The molecule has 3 aromatic rings. The van der Waals surface area contributed by atoms with Crippen molar-refractivity contribution in [1.82, 2.24) is 29.5 Å². The first kappa shape index (κ1) is 16.7. The molecule has 8 nitrogen and oxygen atoms in total. The molecule has 1 saturated carbocycles. The molecule has 3 atom stereocenters. The first-order chi connectivity index (χ1) is 12.6. The fraction of sp³-hybridized carbons (Fsp3) is 0.444. The molecule has 4 rings (SSSR count). The summed E-state index contributed by atoms with van der Waals surface area (Å²) in [7, 11) is 0. The Balaban J connectivity index is 1.45. The van der Waals surface area contributed by atoms with Crippen LogP contribution in [0.1, 0.15) is 24.2 Å². The normalized spacial score (nSPS) is 22.7. The molecule has 26 heavy (non-hydrogen) atoms. The highest BCUT2D eigenvalue weighted by atomic mass is 16.3. The number of anilines is 1. The fourth-order valence-corrected chi connectivity index (χ4v) is 3.67. The van der Waals surface area contributed by atoms with Crippen molar-refractivity contribution in [3.63, 3.8) is 0 Å². The molecular formula is C18H23N7O. The summed E-state index contributed by atoms with van der Waals surface area (Å²) in [5.74, 6) is 1.70. The quantitative estimate of drug-likeness (QED) is 0.725. The Kier molecular flexibility index (Phi) is 4.42. The van der Waals surface area contributed by atoms with Gasteiger partial charge in [0.05, 0.1) is 30.2 Å². The molecule has 3 heterocycles. The van der Waals surface area contributed by atoms with Crippen LogP contribution in [0.2, 0.25) is 0 Å². The monoisotopic (exact) mass is 353 g/mol. The summed E-state index contributed by atoms with van der Waals surface area (Å²) in [5, 5.41) is 22.5. The highest BCUT2D eigenvalue weighted by Gasteiger charge is 2.33. The lowest BCUT2D eigenvalue weighted by Gasteiger charge is -2.17. The molecule has 0 spiro atoms. The van der Waals surface area contributed by atoms with Crippen molar-refractivity contribution >= 4 is 5.82 Å². The second-order valence-corrected chi connectivity index (χ2v) is 6.99. The maximum absolute atomic E-state index is 10.4. The van der Waals surface area contributed by atoms with E-state index in [9.17, 15) is 5.11 Å². The molecular weight excluding hydrogens is 330 g/mol. The zero-order valence-electron chi connectivity index (χ0n) is 14.9. The van der Waals surface area contributed by atoms with Gasteiger partial charge >= 0.3 is 0 Å². The maximum atomic E-state index is 10.4. The van der Waals surface area contributed by atoms with Crippen LogP contribution in [-0.4, -0.2) is 46.8 Å². The van der Waals surface area contributed by atoms with Crippen LogP contribution >= 0.6 is 0 Å². The van der Waals surface area contributed by atoms with E-state index in [0.717, 1.165) is 30.8 Å². The second-order valence-electron chi connectivity index (χ2n) is 6.99. The average Bonchev–Trinajstić information content (AvgIpc) is 3.31. The zero-order chi connectivity index (χ0) is 18.1. The van der Waals surface area contributed by atoms with Crippen molar-refractivity contribution in [1.29, 1.82) is 0 Å². The van der Waals surface area contributed by atoms with Crippen molar-refractivity contribution in [2.75, 3.05) is 5.32 Å². The summed E-state index contributed by atoms with van der Waals surface area (Å²) < 4.78 is 3.70.